The van der Waals surface area contributed by atoms with Crippen LogP contribution in [0.4, 0.5) is 23.9 Å². The number of anilines is 1. The van der Waals surface area contributed by atoms with Gasteiger partial charge >= 0.3 is 6.03 Å². The fourth-order valence-corrected chi connectivity index (χ4v) is 3.61. The average Bonchev–Trinajstić information content (AvgIpc) is 3.38. The molecule has 3 aromatic rings. The standard InChI is InChI=1S/C21H21F3N8O/c1-11-18(12(2)31-30-11)19-16(24)10-27-20(29-19)25-5-6-26-21(33)32-17(3-4-28-32)13-7-14(22)9-15(23)8-13/h4,7-10,17H,3,5-6H2,1-2H3,(H,26,33)(H,30,31)(H,25,27,29)/t17-/m0/s1. The highest BCUT2D eigenvalue weighted by molar-refractivity contribution is 5.78. The Bertz CT molecular complexity index is 1170. The summed E-state index contributed by atoms with van der Waals surface area (Å²) in [5.41, 5.74) is 2.30. The third-order valence-corrected chi connectivity index (χ3v) is 5.10. The zero-order chi connectivity index (χ0) is 23.5. The van der Waals surface area contributed by atoms with E-state index in [1.165, 1.54) is 18.3 Å². The number of hydrogen-bond acceptors (Lipinski definition) is 6. The first-order chi connectivity index (χ1) is 15.8. The molecule has 0 spiro atoms. The topological polar surface area (TPSA) is 111 Å². The van der Waals surface area contributed by atoms with Crippen molar-refractivity contribution in [2.45, 2.75) is 26.3 Å². The van der Waals surface area contributed by atoms with Crippen LogP contribution in [0.15, 0.2) is 29.5 Å². The number of amides is 2. The van der Waals surface area contributed by atoms with Gasteiger partial charge in [-0.1, -0.05) is 0 Å². The number of urea groups is 1. The molecule has 0 aliphatic carbocycles. The van der Waals surface area contributed by atoms with Gasteiger partial charge in [0.2, 0.25) is 5.95 Å². The summed E-state index contributed by atoms with van der Waals surface area (Å²) in [6, 6.07) is 2.00. The van der Waals surface area contributed by atoms with Crippen LogP contribution in [0, 0.1) is 31.3 Å². The molecule has 3 heterocycles. The summed E-state index contributed by atoms with van der Waals surface area (Å²) >= 11 is 0. The first-order valence-electron chi connectivity index (χ1n) is 10.2. The van der Waals surface area contributed by atoms with E-state index in [2.05, 4.69) is 35.9 Å². The molecule has 0 fully saturated rings. The van der Waals surface area contributed by atoms with Crippen molar-refractivity contribution in [2.24, 2.45) is 5.10 Å². The maximum absolute atomic E-state index is 14.3. The van der Waals surface area contributed by atoms with Gasteiger partial charge in [0.05, 0.1) is 17.9 Å². The molecule has 3 N–H and O–H groups in total. The van der Waals surface area contributed by atoms with Gasteiger partial charge in [0.25, 0.3) is 0 Å². The van der Waals surface area contributed by atoms with Gasteiger partial charge in [-0.05, 0) is 31.5 Å². The summed E-state index contributed by atoms with van der Waals surface area (Å²) < 4.78 is 41.4. The molecule has 33 heavy (non-hydrogen) atoms. The van der Waals surface area contributed by atoms with Crippen LogP contribution in [0.2, 0.25) is 0 Å². The molecule has 1 aliphatic heterocycles. The molecule has 12 heteroatoms. The maximum Gasteiger partial charge on any atom is 0.338 e. The van der Waals surface area contributed by atoms with Gasteiger partial charge in [-0.2, -0.15) is 10.2 Å². The number of carbonyl (C=O) groups excluding carboxylic acids is 1. The van der Waals surface area contributed by atoms with Crippen molar-refractivity contribution < 1.29 is 18.0 Å². The van der Waals surface area contributed by atoms with Crippen molar-refractivity contribution >= 4 is 18.2 Å². The fraction of sp³-hybridized carbons (Fsp3) is 0.286. The first-order valence-corrected chi connectivity index (χ1v) is 10.2. The van der Waals surface area contributed by atoms with Crippen LogP contribution in [-0.4, -0.2) is 50.5 Å². The second kappa shape index (κ2) is 9.27. The van der Waals surface area contributed by atoms with Crippen LogP contribution in [0.5, 0.6) is 0 Å². The quantitative estimate of drug-likeness (QED) is 0.490. The van der Waals surface area contributed by atoms with E-state index in [-0.39, 0.29) is 24.7 Å². The number of aromatic nitrogens is 4. The molecule has 0 bridgehead atoms. The third kappa shape index (κ3) is 4.78. The second-order valence-electron chi connectivity index (χ2n) is 7.45. The molecule has 2 amide bonds. The van der Waals surface area contributed by atoms with Gasteiger partial charge in [-0.15, -0.1) is 0 Å². The number of H-pyrrole nitrogens is 1. The lowest BCUT2D eigenvalue weighted by molar-refractivity contribution is 0.186. The Labute approximate surface area is 187 Å². The largest absolute Gasteiger partial charge is 0.352 e. The van der Waals surface area contributed by atoms with Crippen LogP contribution < -0.4 is 10.6 Å². The van der Waals surface area contributed by atoms with Crippen molar-refractivity contribution in [3.05, 3.63) is 58.8 Å². The van der Waals surface area contributed by atoms with Gasteiger partial charge in [-0.3, -0.25) is 5.10 Å². The molecule has 0 radical (unpaired) electrons. The molecule has 172 valence electrons. The van der Waals surface area contributed by atoms with Crippen LogP contribution >= 0.6 is 0 Å². The molecule has 0 saturated carbocycles. The van der Waals surface area contributed by atoms with Crippen LogP contribution in [-0.2, 0) is 0 Å². The number of aromatic amines is 1. The van der Waals surface area contributed by atoms with Gasteiger partial charge in [0.1, 0.15) is 17.3 Å². The number of halogens is 3. The molecule has 9 nitrogen and oxygen atoms in total. The molecule has 0 unspecified atom stereocenters. The Balaban J connectivity index is 1.35. The Morgan fingerprint density at radius 3 is 2.64 bits per heavy atom. The number of nitrogens with zero attached hydrogens (tertiary/aromatic N) is 5. The molecule has 0 saturated heterocycles. The summed E-state index contributed by atoms with van der Waals surface area (Å²) in [4.78, 5) is 20.7. The van der Waals surface area contributed by atoms with Gasteiger partial charge in [0, 0.05) is 43.0 Å². The predicted molar refractivity (Wildman–Crippen MR) is 115 cm³/mol. The molecule has 1 atom stereocenters. The molecule has 4 rings (SSSR count). The average molecular weight is 458 g/mol. The Kier molecular flexibility index (Phi) is 6.24. The number of hydrogen-bond donors (Lipinski definition) is 3. The molecular formula is C21H21F3N8O. The third-order valence-electron chi connectivity index (χ3n) is 5.10. The van der Waals surface area contributed by atoms with E-state index >= 15 is 0 Å². The normalized spacial score (nSPS) is 15.2. The number of hydrazone groups is 1. The van der Waals surface area contributed by atoms with E-state index in [1.54, 1.807) is 13.8 Å². The van der Waals surface area contributed by atoms with Crippen molar-refractivity contribution in [2.75, 3.05) is 18.4 Å². The van der Waals surface area contributed by atoms with Gasteiger partial charge < -0.3 is 10.6 Å². The van der Waals surface area contributed by atoms with Crippen molar-refractivity contribution in [3.8, 4) is 11.3 Å². The van der Waals surface area contributed by atoms with E-state index in [9.17, 15) is 18.0 Å². The van der Waals surface area contributed by atoms with E-state index in [0.29, 0.717) is 28.9 Å². The Hall–Kier alpha value is -3.96. The van der Waals surface area contributed by atoms with Crippen LogP contribution in [0.25, 0.3) is 11.3 Å². The lowest BCUT2D eigenvalue weighted by atomic mass is 10.0. The minimum absolute atomic E-state index is 0.122. The summed E-state index contributed by atoms with van der Waals surface area (Å²) in [6.07, 6.45) is 2.92. The van der Waals surface area contributed by atoms with Crippen molar-refractivity contribution in [1.29, 1.82) is 0 Å². The second-order valence-corrected chi connectivity index (χ2v) is 7.45. The van der Waals surface area contributed by atoms with Gasteiger partial charge in [0.15, 0.2) is 5.82 Å². The highest BCUT2D eigenvalue weighted by Gasteiger charge is 2.28. The Morgan fingerprint density at radius 2 is 1.94 bits per heavy atom. The number of benzene rings is 1. The molecule has 2 aromatic heterocycles. The summed E-state index contributed by atoms with van der Waals surface area (Å²) in [6.45, 7) is 3.94. The Morgan fingerprint density at radius 1 is 1.18 bits per heavy atom. The minimum Gasteiger partial charge on any atom is -0.352 e. The van der Waals surface area contributed by atoms with Crippen molar-refractivity contribution in [3.63, 3.8) is 0 Å². The zero-order valence-electron chi connectivity index (χ0n) is 17.9. The van der Waals surface area contributed by atoms with E-state index in [4.69, 9.17) is 0 Å². The SMILES string of the molecule is Cc1n[nH]c(C)c1-c1nc(NCCNC(=O)N2N=CC[C@H]2c2cc(F)cc(F)c2)ncc1F. The maximum atomic E-state index is 14.3. The summed E-state index contributed by atoms with van der Waals surface area (Å²) in [7, 11) is 0. The molecule has 1 aliphatic rings. The number of nitrogens with one attached hydrogen (secondary N) is 3. The zero-order valence-corrected chi connectivity index (χ0v) is 17.9. The number of rotatable bonds is 6. The first kappa shape index (κ1) is 22.2. The van der Waals surface area contributed by atoms with E-state index < -0.39 is 29.5 Å². The summed E-state index contributed by atoms with van der Waals surface area (Å²) in [5, 5.41) is 17.6. The van der Waals surface area contributed by atoms with Crippen LogP contribution in [0.1, 0.15) is 29.4 Å². The minimum atomic E-state index is -0.721. The lowest BCUT2D eigenvalue weighted by Gasteiger charge is -2.22. The smallest absolute Gasteiger partial charge is 0.338 e. The van der Waals surface area contributed by atoms with Gasteiger partial charge in [-0.25, -0.2) is 32.9 Å². The fourth-order valence-electron chi connectivity index (χ4n) is 3.61. The van der Waals surface area contributed by atoms with Crippen LogP contribution in [0.3, 0.4) is 0 Å². The van der Waals surface area contributed by atoms with E-state index in [1.807, 2.05) is 0 Å². The highest BCUT2D eigenvalue weighted by Crippen LogP contribution is 2.29. The molecular weight excluding hydrogens is 437 g/mol. The highest BCUT2D eigenvalue weighted by atomic mass is 19.1. The van der Waals surface area contributed by atoms with Crippen molar-refractivity contribution in [1.82, 2.24) is 30.5 Å². The predicted octanol–water partition coefficient (Wildman–Crippen LogP) is 3.46. The lowest BCUT2D eigenvalue weighted by Crippen LogP contribution is -2.39. The monoisotopic (exact) mass is 458 g/mol. The van der Waals surface area contributed by atoms with E-state index in [0.717, 1.165) is 17.3 Å². The number of aryl methyl sites for hydroxylation is 2. The number of carbonyl (C=O) groups is 1. The summed E-state index contributed by atoms with van der Waals surface area (Å²) in [5.74, 6) is -1.83. The molecule has 1 aromatic carbocycles.